The highest BCUT2D eigenvalue weighted by Gasteiger charge is 2.16. The number of nitrogens with one attached hydrogen (secondary N) is 1. The molecule has 0 bridgehead atoms. The molecule has 1 amide bonds. The van der Waals surface area contributed by atoms with Crippen LogP contribution in [0.4, 0.5) is 0 Å². The zero-order valence-electron chi connectivity index (χ0n) is 16.1. The molecule has 2 rings (SSSR count). The van der Waals surface area contributed by atoms with Gasteiger partial charge in [0.15, 0.2) is 11.5 Å². The van der Waals surface area contributed by atoms with E-state index < -0.39 is 0 Å². The van der Waals surface area contributed by atoms with Crippen molar-refractivity contribution < 1.29 is 14.3 Å². The summed E-state index contributed by atoms with van der Waals surface area (Å²) in [7, 11) is 3.23. The number of rotatable bonds is 9. The molecular formula is C22H29NO3. The molecule has 0 aliphatic carbocycles. The molecule has 4 heteroatoms. The lowest BCUT2D eigenvalue weighted by atomic mass is 9.96. The Bertz CT molecular complexity index is 698. The van der Waals surface area contributed by atoms with Gasteiger partial charge in [-0.25, -0.2) is 0 Å². The molecule has 140 valence electrons. The largest absolute Gasteiger partial charge is 0.493 e. The van der Waals surface area contributed by atoms with Crippen LogP contribution in [0.15, 0.2) is 48.5 Å². The summed E-state index contributed by atoms with van der Waals surface area (Å²) in [6.07, 6.45) is 2.03. The number of ether oxygens (including phenoxy) is 2. The van der Waals surface area contributed by atoms with Crippen molar-refractivity contribution in [3.63, 3.8) is 0 Å². The minimum absolute atomic E-state index is 0.0501. The van der Waals surface area contributed by atoms with E-state index in [4.69, 9.17) is 9.47 Å². The van der Waals surface area contributed by atoms with Gasteiger partial charge in [0, 0.05) is 6.42 Å². The molecule has 1 N–H and O–H groups in total. The average Bonchev–Trinajstić information content (AvgIpc) is 2.66. The van der Waals surface area contributed by atoms with Crippen LogP contribution in [0.2, 0.25) is 0 Å². The third-order valence-corrected chi connectivity index (χ3v) is 4.33. The molecule has 2 aromatic rings. The van der Waals surface area contributed by atoms with E-state index in [1.165, 1.54) is 0 Å². The van der Waals surface area contributed by atoms with E-state index in [0.717, 1.165) is 17.5 Å². The van der Waals surface area contributed by atoms with Gasteiger partial charge in [-0.05, 0) is 42.0 Å². The van der Waals surface area contributed by atoms with Crippen molar-refractivity contribution in [2.75, 3.05) is 14.2 Å². The van der Waals surface area contributed by atoms with Crippen LogP contribution in [0.1, 0.15) is 43.9 Å². The molecule has 1 atom stereocenters. The van der Waals surface area contributed by atoms with Crippen LogP contribution >= 0.6 is 0 Å². The molecule has 0 spiro atoms. The number of hydrogen-bond donors (Lipinski definition) is 1. The normalized spacial score (nSPS) is 11.9. The van der Waals surface area contributed by atoms with E-state index in [1.807, 2.05) is 36.4 Å². The lowest BCUT2D eigenvalue weighted by Crippen LogP contribution is -2.29. The van der Waals surface area contributed by atoms with Gasteiger partial charge in [-0.2, -0.15) is 0 Å². The van der Waals surface area contributed by atoms with Gasteiger partial charge >= 0.3 is 0 Å². The number of methoxy groups -OCH3 is 2. The number of hydrogen-bond acceptors (Lipinski definition) is 3. The van der Waals surface area contributed by atoms with Gasteiger partial charge in [0.25, 0.3) is 0 Å². The highest BCUT2D eigenvalue weighted by atomic mass is 16.5. The van der Waals surface area contributed by atoms with Crippen molar-refractivity contribution in [3.05, 3.63) is 59.7 Å². The summed E-state index contributed by atoms with van der Waals surface area (Å²) in [5.41, 5.74) is 2.21. The van der Waals surface area contributed by atoms with Crippen molar-refractivity contribution in [1.82, 2.24) is 5.32 Å². The van der Waals surface area contributed by atoms with E-state index in [2.05, 4.69) is 31.3 Å². The fraction of sp³-hybridized carbons (Fsp3) is 0.409. The molecular weight excluding hydrogens is 326 g/mol. The first kappa shape index (κ1) is 19.8. The summed E-state index contributed by atoms with van der Waals surface area (Å²) < 4.78 is 10.6. The monoisotopic (exact) mass is 355 g/mol. The molecule has 0 aromatic heterocycles. The van der Waals surface area contributed by atoms with E-state index in [0.29, 0.717) is 30.3 Å². The highest BCUT2D eigenvalue weighted by Crippen LogP contribution is 2.28. The number of carbonyl (C=O) groups is 1. The molecule has 0 saturated carbocycles. The zero-order valence-corrected chi connectivity index (χ0v) is 16.1. The van der Waals surface area contributed by atoms with Crippen molar-refractivity contribution in [3.8, 4) is 11.5 Å². The molecule has 0 unspecified atom stereocenters. The van der Waals surface area contributed by atoms with Gasteiger partial charge in [0.05, 0.1) is 20.3 Å². The Balaban J connectivity index is 1.98. The molecule has 0 heterocycles. The minimum Gasteiger partial charge on any atom is -0.493 e. The maximum absolute atomic E-state index is 12.5. The van der Waals surface area contributed by atoms with Crippen LogP contribution in [-0.4, -0.2) is 20.1 Å². The lowest BCUT2D eigenvalue weighted by Gasteiger charge is -2.21. The van der Waals surface area contributed by atoms with Crippen molar-refractivity contribution >= 4 is 5.91 Å². The maximum Gasteiger partial charge on any atom is 0.220 e. The Hall–Kier alpha value is -2.49. The van der Waals surface area contributed by atoms with E-state index >= 15 is 0 Å². The summed E-state index contributed by atoms with van der Waals surface area (Å²) >= 11 is 0. The third-order valence-electron chi connectivity index (χ3n) is 4.33. The Morgan fingerprint density at radius 1 is 1.00 bits per heavy atom. The van der Waals surface area contributed by atoms with Gasteiger partial charge in [-0.1, -0.05) is 50.2 Å². The molecule has 0 saturated heterocycles. The van der Waals surface area contributed by atoms with Crippen LogP contribution in [0, 0.1) is 5.92 Å². The smallest absolute Gasteiger partial charge is 0.220 e. The zero-order chi connectivity index (χ0) is 18.9. The third kappa shape index (κ3) is 5.80. The Labute approximate surface area is 156 Å². The SMILES string of the molecule is COc1ccc(CCC(=O)N[C@H](CC(C)C)c2ccccc2)cc1OC. The Morgan fingerprint density at radius 2 is 1.69 bits per heavy atom. The van der Waals surface area contributed by atoms with Crippen molar-refractivity contribution in [2.45, 2.75) is 39.2 Å². The second-order valence-electron chi connectivity index (χ2n) is 6.85. The summed E-state index contributed by atoms with van der Waals surface area (Å²) in [6, 6.07) is 16.0. The first-order valence-electron chi connectivity index (χ1n) is 9.08. The van der Waals surface area contributed by atoms with E-state index in [9.17, 15) is 4.79 Å². The molecule has 0 aliphatic heterocycles. The highest BCUT2D eigenvalue weighted by molar-refractivity contribution is 5.76. The molecule has 2 aromatic carbocycles. The topological polar surface area (TPSA) is 47.6 Å². The average molecular weight is 355 g/mol. The number of benzene rings is 2. The van der Waals surface area contributed by atoms with Crippen LogP contribution in [0.5, 0.6) is 11.5 Å². The number of amides is 1. The fourth-order valence-electron chi connectivity index (χ4n) is 3.00. The first-order valence-corrected chi connectivity index (χ1v) is 9.08. The summed E-state index contributed by atoms with van der Waals surface area (Å²) in [5.74, 6) is 1.95. The number of aryl methyl sites for hydroxylation is 1. The fourth-order valence-corrected chi connectivity index (χ4v) is 3.00. The van der Waals surface area contributed by atoms with Crippen LogP contribution in [-0.2, 0) is 11.2 Å². The van der Waals surface area contributed by atoms with Crippen molar-refractivity contribution in [2.24, 2.45) is 5.92 Å². The molecule has 0 fully saturated rings. The van der Waals surface area contributed by atoms with E-state index in [-0.39, 0.29) is 11.9 Å². The molecule has 4 nitrogen and oxygen atoms in total. The van der Waals surface area contributed by atoms with Crippen molar-refractivity contribution in [1.29, 1.82) is 0 Å². The Kier molecular flexibility index (Phi) is 7.52. The van der Waals surface area contributed by atoms with Crippen LogP contribution in [0.3, 0.4) is 0 Å². The van der Waals surface area contributed by atoms with Gasteiger partial charge in [-0.3, -0.25) is 4.79 Å². The quantitative estimate of drug-likeness (QED) is 0.718. The standard InChI is InChI=1S/C22H29NO3/c1-16(2)14-19(18-8-6-5-7-9-18)23-22(24)13-11-17-10-12-20(25-3)21(15-17)26-4/h5-10,12,15-16,19H,11,13-14H2,1-4H3,(H,23,24)/t19-/m1/s1. The molecule has 0 aliphatic rings. The molecule has 0 radical (unpaired) electrons. The summed E-state index contributed by atoms with van der Waals surface area (Å²) in [5, 5.41) is 3.19. The van der Waals surface area contributed by atoms with Crippen LogP contribution < -0.4 is 14.8 Å². The van der Waals surface area contributed by atoms with Gasteiger partial charge < -0.3 is 14.8 Å². The maximum atomic E-state index is 12.5. The summed E-state index contributed by atoms with van der Waals surface area (Å²) in [6.45, 7) is 4.34. The molecule has 26 heavy (non-hydrogen) atoms. The lowest BCUT2D eigenvalue weighted by molar-refractivity contribution is -0.121. The predicted molar refractivity (Wildman–Crippen MR) is 105 cm³/mol. The van der Waals surface area contributed by atoms with Gasteiger partial charge in [0.2, 0.25) is 5.91 Å². The second kappa shape index (κ2) is 9.85. The second-order valence-corrected chi connectivity index (χ2v) is 6.85. The Morgan fingerprint density at radius 3 is 2.31 bits per heavy atom. The minimum atomic E-state index is 0.0501. The first-order chi connectivity index (χ1) is 12.5. The van der Waals surface area contributed by atoms with Gasteiger partial charge in [-0.15, -0.1) is 0 Å². The number of carbonyl (C=O) groups excluding carboxylic acids is 1. The van der Waals surface area contributed by atoms with Crippen LogP contribution in [0.25, 0.3) is 0 Å². The summed E-state index contributed by atoms with van der Waals surface area (Å²) in [4.78, 5) is 12.5. The van der Waals surface area contributed by atoms with Gasteiger partial charge in [0.1, 0.15) is 0 Å². The predicted octanol–water partition coefficient (Wildman–Crippen LogP) is 4.54. The van der Waals surface area contributed by atoms with E-state index in [1.54, 1.807) is 14.2 Å².